The van der Waals surface area contributed by atoms with E-state index in [9.17, 15) is 24.6 Å². The van der Waals surface area contributed by atoms with Crippen LogP contribution in [0.1, 0.15) is 0 Å². The minimum absolute atomic E-state index is 0.0808. The van der Waals surface area contributed by atoms with Crippen molar-refractivity contribution in [3.05, 3.63) is 76.2 Å². The number of anilines is 2. The highest BCUT2D eigenvalue weighted by Crippen LogP contribution is 2.21. The molecule has 1 aliphatic rings. The van der Waals surface area contributed by atoms with Crippen molar-refractivity contribution in [1.29, 1.82) is 5.26 Å². The Morgan fingerprint density at radius 3 is 2.38 bits per heavy atom. The number of amides is 1. The van der Waals surface area contributed by atoms with E-state index in [1.54, 1.807) is 18.2 Å². The number of para-hydroxylation sites is 1. The standard InChI is InChI=1S/C20H18FN5O3/c21-18-3-1-2-4-19(18)25-11-9-24(10-12-25)14-15(13-22)20(27)23-16-5-7-17(8-6-16)26(28)29/h1-8,14H,9-12H2,(H,23,27)/b15-14-. The van der Waals surface area contributed by atoms with Crippen LogP contribution in [0, 0.1) is 27.3 Å². The Morgan fingerprint density at radius 1 is 1.14 bits per heavy atom. The molecule has 1 fully saturated rings. The zero-order valence-electron chi connectivity index (χ0n) is 15.4. The number of carbonyl (C=O) groups excluding carboxylic acids is 1. The van der Waals surface area contributed by atoms with E-state index in [-0.39, 0.29) is 17.1 Å². The van der Waals surface area contributed by atoms with Crippen LogP contribution in [0.3, 0.4) is 0 Å². The largest absolute Gasteiger partial charge is 0.373 e. The molecule has 0 bridgehead atoms. The summed E-state index contributed by atoms with van der Waals surface area (Å²) in [6.07, 6.45) is 1.49. The molecule has 0 atom stereocenters. The van der Waals surface area contributed by atoms with Crippen LogP contribution in [-0.4, -0.2) is 41.9 Å². The van der Waals surface area contributed by atoms with Gasteiger partial charge in [0.15, 0.2) is 0 Å². The Kier molecular flexibility index (Phi) is 6.04. The quantitative estimate of drug-likeness (QED) is 0.361. The molecule has 0 aromatic heterocycles. The van der Waals surface area contributed by atoms with Crippen LogP contribution in [0.4, 0.5) is 21.5 Å². The van der Waals surface area contributed by atoms with Gasteiger partial charge in [0.1, 0.15) is 17.5 Å². The third-order valence-electron chi connectivity index (χ3n) is 4.52. The molecule has 2 aromatic carbocycles. The number of rotatable bonds is 5. The minimum atomic E-state index is -0.599. The number of nitrogens with one attached hydrogen (secondary N) is 1. The van der Waals surface area contributed by atoms with E-state index in [0.29, 0.717) is 37.6 Å². The van der Waals surface area contributed by atoms with Crippen molar-refractivity contribution in [3.63, 3.8) is 0 Å². The summed E-state index contributed by atoms with van der Waals surface area (Å²) in [5.74, 6) is -0.880. The van der Waals surface area contributed by atoms with Gasteiger partial charge in [0.2, 0.25) is 0 Å². The molecular weight excluding hydrogens is 377 g/mol. The molecule has 1 heterocycles. The lowest BCUT2D eigenvalue weighted by atomic mass is 10.2. The molecule has 9 heteroatoms. The first-order chi connectivity index (χ1) is 14.0. The van der Waals surface area contributed by atoms with Crippen molar-refractivity contribution in [1.82, 2.24) is 4.90 Å². The average Bonchev–Trinajstić information content (AvgIpc) is 2.73. The van der Waals surface area contributed by atoms with Gasteiger partial charge < -0.3 is 15.1 Å². The normalized spacial score (nSPS) is 14.3. The monoisotopic (exact) mass is 395 g/mol. The highest BCUT2D eigenvalue weighted by atomic mass is 19.1. The molecule has 8 nitrogen and oxygen atoms in total. The second-order valence-corrected chi connectivity index (χ2v) is 6.39. The molecule has 0 spiro atoms. The zero-order chi connectivity index (χ0) is 20.8. The Labute approximate surface area is 166 Å². The lowest BCUT2D eigenvalue weighted by Crippen LogP contribution is -2.44. The summed E-state index contributed by atoms with van der Waals surface area (Å²) in [4.78, 5) is 26.2. The number of nitriles is 1. The predicted molar refractivity (Wildman–Crippen MR) is 106 cm³/mol. The highest BCUT2D eigenvalue weighted by molar-refractivity contribution is 6.06. The number of hydrogen-bond donors (Lipinski definition) is 1. The first-order valence-corrected chi connectivity index (χ1v) is 8.89. The van der Waals surface area contributed by atoms with Gasteiger partial charge in [0.25, 0.3) is 11.6 Å². The molecule has 0 unspecified atom stereocenters. The van der Waals surface area contributed by atoms with Gasteiger partial charge in [0, 0.05) is 50.2 Å². The van der Waals surface area contributed by atoms with Crippen molar-refractivity contribution in [2.45, 2.75) is 0 Å². The molecule has 0 saturated carbocycles. The lowest BCUT2D eigenvalue weighted by Gasteiger charge is -2.35. The van der Waals surface area contributed by atoms with Gasteiger partial charge in [-0.3, -0.25) is 14.9 Å². The second-order valence-electron chi connectivity index (χ2n) is 6.39. The highest BCUT2D eigenvalue weighted by Gasteiger charge is 2.19. The van der Waals surface area contributed by atoms with E-state index >= 15 is 0 Å². The first-order valence-electron chi connectivity index (χ1n) is 8.89. The number of halogens is 1. The van der Waals surface area contributed by atoms with Crippen LogP contribution in [0.15, 0.2) is 60.3 Å². The summed E-state index contributed by atoms with van der Waals surface area (Å²) in [7, 11) is 0. The molecule has 1 saturated heterocycles. The minimum Gasteiger partial charge on any atom is -0.373 e. The SMILES string of the molecule is N#C/C(=C/N1CCN(c2ccccc2F)CC1)C(=O)Nc1ccc([N+](=O)[O-])cc1. The van der Waals surface area contributed by atoms with Crippen molar-refractivity contribution >= 4 is 23.0 Å². The van der Waals surface area contributed by atoms with Gasteiger partial charge >= 0.3 is 0 Å². The molecule has 0 aliphatic carbocycles. The molecule has 29 heavy (non-hydrogen) atoms. The smallest absolute Gasteiger partial charge is 0.269 e. The van der Waals surface area contributed by atoms with Crippen LogP contribution < -0.4 is 10.2 Å². The van der Waals surface area contributed by atoms with Crippen LogP contribution >= 0.6 is 0 Å². The maximum Gasteiger partial charge on any atom is 0.269 e. The molecule has 3 rings (SSSR count). The van der Waals surface area contributed by atoms with E-state index < -0.39 is 10.8 Å². The van der Waals surface area contributed by atoms with Gasteiger partial charge in [0.05, 0.1) is 10.6 Å². The summed E-state index contributed by atoms with van der Waals surface area (Å²) in [5.41, 5.74) is 0.716. The second kappa shape index (κ2) is 8.84. The maximum atomic E-state index is 13.9. The molecule has 1 aliphatic heterocycles. The predicted octanol–water partition coefficient (Wildman–Crippen LogP) is 2.90. The number of nitro benzene ring substituents is 1. The average molecular weight is 395 g/mol. The van der Waals surface area contributed by atoms with E-state index in [1.807, 2.05) is 15.9 Å². The molecule has 1 amide bonds. The summed E-state index contributed by atoms with van der Waals surface area (Å²) in [6.45, 7) is 2.18. The number of benzene rings is 2. The number of hydrogen-bond acceptors (Lipinski definition) is 6. The van der Waals surface area contributed by atoms with Crippen molar-refractivity contribution in [3.8, 4) is 6.07 Å². The van der Waals surface area contributed by atoms with Gasteiger partial charge in [-0.25, -0.2) is 4.39 Å². The van der Waals surface area contributed by atoms with Crippen LogP contribution in [0.5, 0.6) is 0 Å². The number of nitrogens with zero attached hydrogens (tertiary/aromatic N) is 4. The van der Waals surface area contributed by atoms with E-state index in [1.165, 1.54) is 36.5 Å². The molecule has 1 N–H and O–H groups in total. The maximum absolute atomic E-state index is 13.9. The van der Waals surface area contributed by atoms with Gasteiger partial charge in [-0.15, -0.1) is 0 Å². The number of piperazine rings is 1. The first kappa shape index (κ1) is 19.8. The van der Waals surface area contributed by atoms with Crippen LogP contribution in [0.2, 0.25) is 0 Å². The third kappa shape index (κ3) is 4.87. The number of nitro groups is 1. The fourth-order valence-electron chi connectivity index (χ4n) is 2.99. The summed E-state index contributed by atoms with van der Waals surface area (Å²) >= 11 is 0. The van der Waals surface area contributed by atoms with Crippen LogP contribution in [0.25, 0.3) is 0 Å². The Morgan fingerprint density at radius 2 is 1.79 bits per heavy atom. The summed E-state index contributed by atoms with van der Waals surface area (Å²) in [5, 5.41) is 22.6. The van der Waals surface area contributed by atoms with Crippen molar-refractivity contribution < 1.29 is 14.1 Å². The molecule has 0 radical (unpaired) electrons. The van der Waals surface area contributed by atoms with Crippen molar-refractivity contribution in [2.24, 2.45) is 0 Å². The van der Waals surface area contributed by atoms with E-state index in [0.717, 1.165) is 0 Å². The topological polar surface area (TPSA) is 103 Å². The summed E-state index contributed by atoms with van der Waals surface area (Å²) < 4.78 is 13.9. The van der Waals surface area contributed by atoms with Crippen molar-refractivity contribution in [2.75, 3.05) is 36.4 Å². The van der Waals surface area contributed by atoms with Crippen LogP contribution in [-0.2, 0) is 4.79 Å². The van der Waals surface area contributed by atoms with Gasteiger partial charge in [-0.05, 0) is 24.3 Å². The fourth-order valence-corrected chi connectivity index (χ4v) is 2.99. The lowest BCUT2D eigenvalue weighted by molar-refractivity contribution is -0.384. The molecular formula is C20H18FN5O3. The third-order valence-corrected chi connectivity index (χ3v) is 4.52. The van der Waals surface area contributed by atoms with E-state index in [4.69, 9.17) is 0 Å². The number of non-ortho nitro benzene ring substituents is 1. The Hall–Kier alpha value is -3.93. The Bertz CT molecular complexity index is 976. The molecule has 2 aromatic rings. The van der Waals surface area contributed by atoms with Gasteiger partial charge in [-0.1, -0.05) is 12.1 Å². The zero-order valence-corrected chi connectivity index (χ0v) is 15.4. The van der Waals surface area contributed by atoms with Gasteiger partial charge in [-0.2, -0.15) is 5.26 Å². The van der Waals surface area contributed by atoms with E-state index in [2.05, 4.69) is 5.32 Å². The Balaban J connectivity index is 1.61. The number of carbonyl (C=O) groups is 1. The fraction of sp³-hybridized carbons (Fsp3) is 0.200. The summed E-state index contributed by atoms with van der Waals surface area (Å²) in [6, 6.07) is 13.8. The molecule has 148 valence electrons.